The van der Waals surface area contributed by atoms with Gasteiger partial charge < -0.3 is 0 Å². The lowest BCUT2D eigenvalue weighted by atomic mass is 9.89. The number of fused-ring (bicyclic) bond motifs is 1. The highest BCUT2D eigenvalue weighted by Gasteiger charge is 2.27. The Morgan fingerprint density at radius 3 is 2.56 bits per heavy atom. The summed E-state index contributed by atoms with van der Waals surface area (Å²) in [5, 5.41) is 0. The Hall–Kier alpha value is -1.53. The van der Waals surface area contributed by atoms with E-state index in [1.807, 2.05) is 24.3 Å². The molecule has 0 fully saturated rings. The fourth-order valence-electron chi connectivity index (χ4n) is 2.09. The average Bonchev–Trinajstić information content (AvgIpc) is 2.77. The van der Waals surface area contributed by atoms with Crippen LogP contribution in [0.25, 0.3) is 0 Å². The molecule has 16 heavy (non-hydrogen) atoms. The van der Waals surface area contributed by atoms with Gasteiger partial charge in [0.2, 0.25) is 0 Å². The van der Waals surface area contributed by atoms with E-state index in [1.54, 1.807) is 0 Å². The van der Waals surface area contributed by atoms with E-state index in [1.165, 1.54) is 11.1 Å². The van der Waals surface area contributed by atoms with Crippen molar-refractivity contribution < 1.29 is 0 Å². The quantitative estimate of drug-likeness (QED) is 0.632. The van der Waals surface area contributed by atoms with Crippen molar-refractivity contribution in [1.82, 2.24) is 0 Å². The van der Waals surface area contributed by atoms with Crippen molar-refractivity contribution in [2.75, 3.05) is 0 Å². The molecule has 0 amide bonds. The summed E-state index contributed by atoms with van der Waals surface area (Å²) in [4.78, 5) is -0.497. The minimum absolute atomic E-state index is 0.497. The molecule has 1 aromatic carbocycles. The molecule has 0 saturated heterocycles. The second kappa shape index (κ2) is 3.50. The van der Waals surface area contributed by atoms with E-state index in [0.29, 0.717) is 0 Å². The summed E-state index contributed by atoms with van der Waals surface area (Å²) in [5.41, 5.74) is 3.56. The van der Waals surface area contributed by atoms with E-state index in [0.717, 1.165) is 5.56 Å². The van der Waals surface area contributed by atoms with Gasteiger partial charge in [0.25, 0.3) is 0 Å². The fourth-order valence-corrected chi connectivity index (χ4v) is 2.40. The molecule has 0 N–H and O–H groups in total. The molecule has 0 heterocycles. The second-order valence-electron chi connectivity index (χ2n) is 4.05. The Balaban J connectivity index is 2.08. The summed E-state index contributed by atoms with van der Waals surface area (Å²) >= 11 is 6.64. The first-order valence-corrected chi connectivity index (χ1v) is 5.71. The second-order valence-corrected chi connectivity index (χ2v) is 4.67. The van der Waals surface area contributed by atoms with Crippen molar-refractivity contribution in [3.8, 4) is 0 Å². The molecule has 0 aliphatic heterocycles. The van der Waals surface area contributed by atoms with E-state index in [2.05, 4.69) is 42.5 Å². The van der Waals surface area contributed by atoms with E-state index in [4.69, 9.17) is 11.6 Å². The lowest BCUT2D eigenvalue weighted by Gasteiger charge is -2.24. The van der Waals surface area contributed by atoms with E-state index < -0.39 is 4.87 Å². The van der Waals surface area contributed by atoms with Gasteiger partial charge in [0, 0.05) is 0 Å². The predicted octanol–water partition coefficient (Wildman–Crippen LogP) is 4.11. The van der Waals surface area contributed by atoms with Crippen molar-refractivity contribution in [3.63, 3.8) is 0 Å². The molecule has 0 radical (unpaired) electrons. The third-order valence-corrected chi connectivity index (χ3v) is 3.43. The van der Waals surface area contributed by atoms with E-state index in [9.17, 15) is 0 Å². The Morgan fingerprint density at radius 1 is 0.938 bits per heavy atom. The van der Waals surface area contributed by atoms with Gasteiger partial charge >= 0.3 is 0 Å². The molecule has 78 valence electrons. The fraction of sp³-hybridized carbons (Fsp3) is 0.0667. The third-order valence-electron chi connectivity index (χ3n) is 2.97. The molecule has 2 aliphatic carbocycles. The standard InChI is InChI=1S/C15H11Cl/c16-15(14-7-2-1-3-8-14)10-9-12-5-4-6-13(12)11-15/h1-11H. The molecule has 0 spiro atoms. The Labute approximate surface area is 100 Å². The first kappa shape index (κ1) is 9.68. The van der Waals surface area contributed by atoms with Gasteiger partial charge in [-0.3, -0.25) is 0 Å². The highest BCUT2D eigenvalue weighted by atomic mass is 35.5. The van der Waals surface area contributed by atoms with Crippen LogP contribution in [0.4, 0.5) is 0 Å². The summed E-state index contributed by atoms with van der Waals surface area (Å²) in [5.74, 6) is 0. The highest BCUT2D eigenvalue weighted by Crippen LogP contribution is 2.39. The van der Waals surface area contributed by atoms with Crippen LogP contribution in [0.1, 0.15) is 5.56 Å². The van der Waals surface area contributed by atoms with Crippen LogP contribution in [0, 0.1) is 0 Å². The summed E-state index contributed by atoms with van der Waals surface area (Å²) in [7, 11) is 0. The number of allylic oxidation sites excluding steroid dienone is 8. The highest BCUT2D eigenvalue weighted by molar-refractivity contribution is 6.27. The molecule has 0 bridgehead atoms. The summed E-state index contributed by atoms with van der Waals surface area (Å²) in [6.45, 7) is 0. The molecule has 0 saturated carbocycles. The zero-order chi connectivity index (χ0) is 11.0. The number of alkyl halides is 1. The van der Waals surface area contributed by atoms with Crippen LogP contribution in [0.5, 0.6) is 0 Å². The summed E-state index contributed by atoms with van der Waals surface area (Å²) < 4.78 is 0. The molecule has 2 aliphatic rings. The van der Waals surface area contributed by atoms with Gasteiger partial charge in [0.05, 0.1) is 0 Å². The SMILES string of the molecule is ClC1(c2ccccc2)C=CC2=CC=CC2=C1. The molecular weight excluding hydrogens is 216 g/mol. The molecule has 0 aromatic heterocycles. The number of hydrogen-bond acceptors (Lipinski definition) is 0. The van der Waals surface area contributed by atoms with Crippen molar-refractivity contribution in [2.24, 2.45) is 0 Å². The Kier molecular flexibility index (Phi) is 2.12. The molecule has 1 unspecified atom stereocenters. The number of hydrogen-bond donors (Lipinski definition) is 0. The normalized spacial score (nSPS) is 26.3. The zero-order valence-electron chi connectivity index (χ0n) is 8.73. The van der Waals surface area contributed by atoms with Crippen molar-refractivity contribution in [1.29, 1.82) is 0 Å². The van der Waals surface area contributed by atoms with Crippen LogP contribution in [0.15, 0.2) is 77.9 Å². The summed E-state index contributed by atoms with van der Waals surface area (Å²) in [6.07, 6.45) is 12.5. The maximum Gasteiger partial charge on any atom is 0.107 e. The molecule has 1 atom stereocenters. The Bertz CT molecular complexity index is 532. The molecule has 3 rings (SSSR count). The van der Waals surface area contributed by atoms with E-state index in [-0.39, 0.29) is 0 Å². The monoisotopic (exact) mass is 226 g/mol. The first-order valence-electron chi connectivity index (χ1n) is 5.33. The van der Waals surface area contributed by atoms with Gasteiger partial charge in [0.1, 0.15) is 4.87 Å². The van der Waals surface area contributed by atoms with Crippen LogP contribution < -0.4 is 0 Å². The molecule has 1 heteroatoms. The summed E-state index contributed by atoms with van der Waals surface area (Å²) in [6, 6.07) is 10.1. The van der Waals surface area contributed by atoms with E-state index >= 15 is 0 Å². The number of rotatable bonds is 1. The van der Waals surface area contributed by atoms with Gasteiger partial charge in [-0.1, -0.05) is 60.7 Å². The zero-order valence-corrected chi connectivity index (χ0v) is 9.48. The van der Waals surface area contributed by atoms with Gasteiger partial charge in [-0.05, 0) is 22.8 Å². The molecular formula is C15H11Cl. The van der Waals surface area contributed by atoms with Gasteiger partial charge in [0.15, 0.2) is 0 Å². The van der Waals surface area contributed by atoms with Gasteiger partial charge in [-0.15, -0.1) is 11.6 Å². The van der Waals surface area contributed by atoms with Crippen molar-refractivity contribution >= 4 is 11.6 Å². The Morgan fingerprint density at radius 2 is 1.75 bits per heavy atom. The predicted molar refractivity (Wildman–Crippen MR) is 68.4 cm³/mol. The van der Waals surface area contributed by atoms with Gasteiger partial charge in [-0.2, -0.15) is 0 Å². The van der Waals surface area contributed by atoms with Crippen molar-refractivity contribution in [3.05, 3.63) is 83.5 Å². The van der Waals surface area contributed by atoms with Crippen LogP contribution >= 0.6 is 11.6 Å². The number of halogens is 1. The number of benzene rings is 1. The van der Waals surface area contributed by atoms with Crippen LogP contribution in [0.2, 0.25) is 0 Å². The maximum absolute atomic E-state index is 6.64. The first-order chi connectivity index (χ1) is 7.78. The third kappa shape index (κ3) is 1.46. The smallest absolute Gasteiger partial charge is 0.105 e. The minimum atomic E-state index is -0.497. The average molecular weight is 227 g/mol. The largest absolute Gasteiger partial charge is 0.107 e. The molecule has 0 nitrogen and oxygen atoms in total. The van der Waals surface area contributed by atoms with Crippen LogP contribution in [-0.4, -0.2) is 0 Å². The van der Waals surface area contributed by atoms with Crippen LogP contribution in [0.3, 0.4) is 0 Å². The van der Waals surface area contributed by atoms with Crippen molar-refractivity contribution in [2.45, 2.75) is 4.87 Å². The maximum atomic E-state index is 6.64. The lowest BCUT2D eigenvalue weighted by Crippen LogP contribution is -2.15. The van der Waals surface area contributed by atoms with Crippen LogP contribution in [-0.2, 0) is 4.87 Å². The minimum Gasteiger partial charge on any atom is -0.105 e. The molecule has 1 aromatic rings. The topological polar surface area (TPSA) is 0 Å². The van der Waals surface area contributed by atoms with Gasteiger partial charge in [-0.25, -0.2) is 0 Å². The lowest BCUT2D eigenvalue weighted by molar-refractivity contribution is 0.952.